The van der Waals surface area contributed by atoms with Crippen LogP contribution in [0.5, 0.6) is 5.88 Å². The molecule has 1 saturated heterocycles. The van der Waals surface area contributed by atoms with Crippen molar-refractivity contribution in [1.29, 1.82) is 0 Å². The average Bonchev–Trinajstić information content (AvgIpc) is 2.85. The summed E-state index contributed by atoms with van der Waals surface area (Å²) in [5.74, 6) is 2.04. The Morgan fingerprint density at radius 1 is 1.50 bits per heavy atom. The van der Waals surface area contributed by atoms with Crippen LogP contribution in [0.25, 0.3) is 0 Å². The maximum Gasteiger partial charge on any atom is 0.221 e. The van der Waals surface area contributed by atoms with Crippen LogP contribution in [0, 0.1) is 12.8 Å². The number of ether oxygens (including phenoxy) is 2. The summed E-state index contributed by atoms with van der Waals surface area (Å²) >= 11 is 0. The molecule has 0 saturated carbocycles. The molecule has 1 aliphatic rings. The summed E-state index contributed by atoms with van der Waals surface area (Å²) in [4.78, 5) is 8.33. The molecule has 1 N–H and O–H groups in total. The number of nitrogens with zero attached hydrogens (tertiary/aromatic N) is 2. The smallest absolute Gasteiger partial charge is 0.221 e. The van der Waals surface area contributed by atoms with Crippen LogP contribution >= 0.6 is 0 Å². The van der Waals surface area contributed by atoms with Crippen LogP contribution in [0.3, 0.4) is 0 Å². The second-order valence-corrected chi connectivity index (χ2v) is 4.60. The first-order chi connectivity index (χ1) is 8.76. The summed E-state index contributed by atoms with van der Waals surface area (Å²) in [6.07, 6.45) is 4.09. The highest BCUT2D eigenvalue weighted by Gasteiger charge is 2.26. The quantitative estimate of drug-likeness (QED) is 0.867. The fourth-order valence-corrected chi connectivity index (χ4v) is 2.42. The largest absolute Gasteiger partial charge is 0.481 e. The van der Waals surface area contributed by atoms with Gasteiger partial charge < -0.3 is 14.8 Å². The summed E-state index contributed by atoms with van der Waals surface area (Å²) in [5.41, 5.74) is 0.951. The third kappa shape index (κ3) is 2.72. The van der Waals surface area contributed by atoms with Gasteiger partial charge in [0.25, 0.3) is 0 Å². The fourth-order valence-electron chi connectivity index (χ4n) is 2.42. The summed E-state index contributed by atoms with van der Waals surface area (Å²) in [7, 11) is 1.62. The van der Waals surface area contributed by atoms with Gasteiger partial charge in [-0.05, 0) is 19.8 Å². The molecule has 1 fully saturated rings. The van der Waals surface area contributed by atoms with Gasteiger partial charge >= 0.3 is 0 Å². The zero-order chi connectivity index (χ0) is 13.0. The van der Waals surface area contributed by atoms with Crippen molar-refractivity contribution in [2.75, 3.05) is 25.6 Å². The molecule has 18 heavy (non-hydrogen) atoms. The van der Waals surface area contributed by atoms with Crippen molar-refractivity contribution in [2.45, 2.75) is 32.8 Å². The number of anilines is 1. The molecule has 0 bridgehead atoms. The number of methoxy groups -OCH3 is 1. The Labute approximate surface area is 108 Å². The van der Waals surface area contributed by atoms with Crippen molar-refractivity contribution in [2.24, 2.45) is 5.92 Å². The normalized spacial score (nSPS) is 23.1. The molecule has 5 nitrogen and oxygen atoms in total. The highest BCUT2D eigenvalue weighted by atomic mass is 16.5. The second kappa shape index (κ2) is 6.00. The van der Waals surface area contributed by atoms with Gasteiger partial charge in [-0.1, -0.05) is 6.92 Å². The van der Waals surface area contributed by atoms with E-state index in [0.29, 0.717) is 17.9 Å². The van der Waals surface area contributed by atoms with E-state index < -0.39 is 0 Å². The van der Waals surface area contributed by atoms with E-state index in [2.05, 4.69) is 22.2 Å². The predicted molar refractivity (Wildman–Crippen MR) is 69.9 cm³/mol. The molecule has 0 radical (unpaired) electrons. The lowest BCUT2D eigenvalue weighted by molar-refractivity contribution is 0.0900. The van der Waals surface area contributed by atoms with Gasteiger partial charge in [-0.15, -0.1) is 0 Å². The Morgan fingerprint density at radius 3 is 3.06 bits per heavy atom. The molecule has 0 aliphatic carbocycles. The molecule has 2 atom stereocenters. The van der Waals surface area contributed by atoms with E-state index in [0.717, 1.165) is 37.4 Å². The van der Waals surface area contributed by atoms with Crippen molar-refractivity contribution in [3.05, 3.63) is 11.9 Å². The molecular formula is C13H21N3O2. The van der Waals surface area contributed by atoms with Crippen LogP contribution < -0.4 is 10.1 Å². The number of nitrogens with one attached hydrogen (secondary N) is 1. The molecule has 1 aliphatic heterocycles. The van der Waals surface area contributed by atoms with Crippen LogP contribution in [0.15, 0.2) is 6.33 Å². The topological polar surface area (TPSA) is 56.3 Å². The number of hydrogen-bond acceptors (Lipinski definition) is 5. The maximum atomic E-state index is 5.68. The third-order valence-corrected chi connectivity index (χ3v) is 3.51. The Morgan fingerprint density at radius 2 is 2.33 bits per heavy atom. The van der Waals surface area contributed by atoms with E-state index in [1.54, 1.807) is 7.11 Å². The molecule has 2 heterocycles. The van der Waals surface area contributed by atoms with Gasteiger partial charge in [0.2, 0.25) is 5.88 Å². The highest BCUT2D eigenvalue weighted by molar-refractivity contribution is 5.47. The zero-order valence-electron chi connectivity index (χ0n) is 11.3. The van der Waals surface area contributed by atoms with Crippen LogP contribution in [0.4, 0.5) is 5.82 Å². The molecule has 5 heteroatoms. The van der Waals surface area contributed by atoms with Crippen LogP contribution in [-0.2, 0) is 4.74 Å². The Bertz CT molecular complexity index is 398. The number of rotatable bonds is 5. The fraction of sp³-hybridized carbons (Fsp3) is 0.692. The highest BCUT2D eigenvalue weighted by Crippen LogP contribution is 2.25. The van der Waals surface area contributed by atoms with E-state index >= 15 is 0 Å². The first-order valence-electron chi connectivity index (χ1n) is 6.47. The summed E-state index contributed by atoms with van der Waals surface area (Å²) in [6, 6.07) is 0. The number of hydrogen-bond donors (Lipinski definition) is 1. The van der Waals surface area contributed by atoms with Gasteiger partial charge in [-0.2, -0.15) is 0 Å². The third-order valence-electron chi connectivity index (χ3n) is 3.51. The molecule has 1 aromatic rings. The molecule has 2 rings (SSSR count). The summed E-state index contributed by atoms with van der Waals surface area (Å²) < 4.78 is 10.9. The van der Waals surface area contributed by atoms with E-state index in [9.17, 15) is 0 Å². The van der Waals surface area contributed by atoms with E-state index in [-0.39, 0.29) is 0 Å². The Hall–Kier alpha value is -1.36. The van der Waals surface area contributed by atoms with Crippen LogP contribution in [0.2, 0.25) is 0 Å². The van der Waals surface area contributed by atoms with Crippen LogP contribution in [-0.4, -0.2) is 36.3 Å². The van der Waals surface area contributed by atoms with Gasteiger partial charge in [-0.25, -0.2) is 9.97 Å². The van der Waals surface area contributed by atoms with Gasteiger partial charge in [0.1, 0.15) is 12.1 Å². The average molecular weight is 251 g/mol. The molecule has 2 unspecified atom stereocenters. The predicted octanol–water partition coefficient (Wildman–Crippen LogP) is 2.02. The van der Waals surface area contributed by atoms with Crippen molar-refractivity contribution in [3.8, 4) is 5.88 Å². The minimum absolute atomic E-state index is 0.376. The van der Waals surface area contributed by atoms with Crippen molar-refractivity contribution >= 4 is 5.82 Å². The second-order valence-electron chi connectivity index (χ2n) is 4.60. The molecular weight excluding hydrogens is 230 g/mol. The summed E-state index contributed by atoms with van der Waals surface area (Å²) in [6.45, 7) is 5.89. The lowest BCUT2D eigenvalue weighted by atomic mass is 10.00. The molecule has 100 valence electrons. The Balaban J connectivity index is 1.98. The van der Waals surface area contributed by atoms with E-state index in [1.165, 1.54) is 6.33 Å². The van der Waals surface area contributed by atoms with Gasteiger partial charge in [0.05, 0.1) is 18.8 Å². The van der Waals surface area contributed by atoms with Crippen molar-refractivity contribution < 1.29 is 9.47 Å². The SMILES string of the molecule is CCC1OCCC1CNc1ncnc(OC)c1C. The van der Waals surface area contributed by atoms with E-state index in [4.69, 9.17) is 9.47 Å². The lowest BCUT2D eigenvalue weighted by Crippen LogP contribution is -2.23. The standard InChI is InChI=1S/C13H21N3O2/c1-4-11-10(5-6-18-11)7-14-12-9(2)13(17-3)16-8-15-12/h8,10-11H,4-7H2,1-3H3,(H,14,15,16). The number of aromatic nitrogens is 2. The molecule has 0 spiro atoms. The molecule has 0 amide bonds. The zero-order valence-corrected chi connectivity index (χ0v) is 11.3. The molecule has 0 aromatic carbocycles. The van der Waals surface area contributed by atoms with Crippen molar-refractivity contribution in [1.82, 2.24) is 9.97 Å². The monoisotopic (exact) mass is 251 g/mol. The van der Waals surface area contributed by atoms with E-state index in [1.807, 2.05) is 6.92 Å². The lowest BCUT2D eigenvalue weighted by Gasteiger charge is -2.18. The summed E-state index contributed by atoms with van der Waals surface area (Å²) in [5, 5.41) is 3.38. The van der Waals surface area contributed by atoms with Crippen molar-refractivity contribution in [3.63, 3.8) is 0 Å². The first-order valence-corrected chi connectivity index (χ1v) is 6.47. The molecule has 1 aromatic heterocycles. The van der Waals surface area contributed by atoms with Gasteiger partial charge in [0.15, 0.2) is 0 Å². The maximum absolute atomic E-state index is 5.68. The minimum Gasteiger partial charge on any atom is -0.481 e. The Kier molecular flexibility index (Phi) is 4.36. The minimum atomic E-state index is 0.376. The van der Waals surface area contributed by atoms with Gasteiger partial charge in [-0.3, -0.25) is 0 Å². The van der Waals surface area contributed by atoms with Gasteiger partial charge in [0, 0.05) is 19.1 Å². The van der Waals surface area contributed by atoms with Crippen LogP contribution in [0.1, 0.15) is 25.3 Å². The first kappa shape index (κ1) is 13.1.